The van der Waals surface area contributed by atoms with Gasteiger partial charge in [0.15, 0.2) is 0 Å². The lowest BCUT2D eigenvalue weighted by atomic mass is 10.1. The van der Waals surface area contributed by atoms with Crippen molar-refractivity contribution in [3.8, 4) is 5.75 Å². The van der Waals surface area contributed by atoms with Crippen LogP contribution in [0, 0.1) is 5.92 Å². The van der Waals surface area contributed by atoms with Crippen LogP contribution in [0.2, 0.25) is 0 Å². The molecule has 0 saturated carbocycles. The van der Waals surface area contributed by atoms with E-state index in [1.165, 1.54) is 18.5 Å². The van der Waals surface area contributed by atoms with Crippen molar-refractivity contribution in [2.45, 2.75) is 6.42 Å². The molecule has 1 unspecified atom stereocenters. The SMILES string of the molecule is O=C(NCC1CCNC1)c1cncc(O)c1. The van der Waals surface area contributed by atoms with Crippen LogP contribution in [0.3, 0.4) is 0 Å². The monoisotopic (exact) mass is 221 g/mol. The van der Waals surface area contributed by atoms with Gasteiger partial charge in [0.05, 0.1) is 11.8 Å². The Balaban J connectivity index is 1.87. The maximum atomic E-state index is 11.7. The van der Waals surface area contributed by atoms with Crippen LogP contribution in [-0.4, -0.2) is 35.6 Å². The minimum Gasteiger partial charge on any atom is -0.506 e. The van der Waals surface area contributed by atoms with Crippen molar-refractivity contribution < 1.29 is 9.90 Å². The molecule has 1 aromatic heterocycles. The molecule has 0 spiro atoms. The molecular weight excluding hydrogens is 206 g/mol. The number of hydrogen-bond donors (Lipinski definition) is 3. The van der Waals surface area contributed by atoms with Crippen LogP contribution in [0.5, 0.6) is 5.75 Å². The second-order valence-corrected chi connectivity index (χ2v) is 4.00. The number of carbonyl (C=O) groups is 1. The minimum atomic E-state index is -0.185. The summed E-state index contributed by atoms with van der Waals surface area (Å²) in [6, 6.07) is 1.41. The number of nitrogens with zero attached hydrogens (tertiary/aromatic N) is 1. The van der Waals surface area contributed by atoms with E-state index in [0.717, 1.165) is 19.5 Å². The van der Waals surface area contributed by atoms with Crippen LogP contribution in [0.25, 0.3) is 0 Å². The van der Waals surface area contributed by atoms with Crippen LogP contribution in [0.1, 0.15) is 16.8 Å². The molecule has 0 aliphatic carbocycles. The topological polar surface area (TPSA) is 74.2 Å². The number of rotatable bonds is 3. The van der Waals surface area contributed by atoms with Gasteiger partial charge in [-0.3, -0.25) is 9.78 Å². The van der Waals surface area contributed by atoms with Gasteiger partial charge in [0, 0.05) is 12.7 Å². The van der Waals surface area contributed by atoms with Crippen molar-refractivity contribution in [3.05, 3.63) is 24.0 Å². The first-order chi connectivity index (χ1) is 7.75. The molecule has 5 nitrogen and oxygen atoms in total. The molecule has 1 fully saturated rings. The fourth-order valence-electron chi connectivity index (χ4n) is 1.78. The Kier molecular flexibility index (Phi) is 3.36. The molecule has 1 aromatic rings. The van der Waals surface area contributed by atoms with Crippen LogP contribution < -0.4 is 10.6 Å². The zero-order chi connectivity index (χ0) is 11.4. The highest BCUT2D eigenvalue weighted by atomic mass is 16.3. The highest BCUT2D eigenvalue weighted by Gasteiger charge is 2.15. The van der Waals surface area contributed by atoms with E-state index >= 15 is 0 Å². The highest BCUT2D eigenvalue weighted by molar-refractivity contribution is 5.94. The van der Waals surface area contributed by atoms with E-state index in [0.29, 0.717) is 18.0 Å². The minimum absolute atomic E-state index is 0.00943. The predicted octanol–water partition coefficient (Wildman–Crippen LogP) is 0.127. The van der Waals surface area contributed by atoms with Gasteiger partial charge in [-0.25, -0.2) is 0 Å². The molecule has 3 N–H and O–H groups in total. The molecule has 1 saturated heterocycles. The van der Waals surface area contributed by atoms with Gasteiger partial charge in [-0.05, 0) is 31.5 Å². The summed E-state index contributed by atoms with van der Waals surface area (Å²) in [6.45, 7) is 2.65. The molecule has 1 atom stereocenters. The van der Waals surface area contributed by atoms with E-state index in [4.69, 9.17) is 0 Å². The van der Waals surface area contributed by atoms with Crippen LogP contribution in [0.4, 0.5) is 0 Å². The molecule has 16 heavy (non-hydrogen) atoms. The number of hydrogen-bond acceptors (Lipinski definition) is 4. The second kappa shape index (κ2) is 4.94. The number of aromatic hydroxyl groups is 1. The zero-order valence-electron chi connectivity index (χ0n) is 8.94. The molecular formula is C11H15N3O2. The Morgan fingerprint density at radius 1 is 1.62 bits per heavy atom. The van der Waals surface area contributed by atoms with Gasteiger partial charge in [0.2, 0.25) is 0 Å². The Bertz CT molecular complexity index is 375. The van der Waals surface area contributed by atoms with Gasteiger partial charge in [-0.15, -0.1) is 0 Å². The lowest BCUT2D eigenvalue weighted by Crippen LogP contribution is -2.30. The molecule has 0 aromatic carbocycles. The first-order valence-corrected chi connectivity index (χ1v) is 5.38. The van der Waals surface area contributed by atoms with Crippen LogP contribution in [0.15, 0.2) is 18.5 Å². The maximum absolute atomic E-state index is 11.7. The van der Waals surface area contributed by atoms with Crippen molar-refractivity contribution in [3.63, 3.8) is 0 Å². The Morgan fingerprint density at radius 2 is 2.50 bits per heavy atom. The van der Waals surface area contributed by atoms with Crippen LogP contribution >= 0.6 is 0 Å². The lowest BCUT2D eigenvalue weighted by molar-refractivity contribution is 0.0947. The summed E-state index contributed by atoms with van der Waals surface area (Å²) in [4.78, 5) is 15.4. The summed E-state index contributed by atoms with van der Waals surface area (Å²) >= 11 is 0. The molecule has 1 amide bonds. The number of pyridine rings is 1. The second-order valence-electron chi connectivity index (χ2n) is 4.00. The molecule has 5 heteroatoms. The van der Waals surface area contributed by atoms with Crippen molar-refractivity contribution in [2.75, 3.05) is 19.6 Å². The van der Waals surface area contributed by atoms with E-state index in [-0.39, 0.29) is 11.7 Å². The summed E-state index contributed by atoms with van der Waals surface area (Å²) in [7, 11) is 0. The number of nitrogens with one attached hydrogen (secondary N) is 2. The largest absolute Gasteiger partial charge is 0.506 e. The molecule has 0 radical (unpaired) electrons. The standard InChI is InChI=1S/C11H15N3O2/c15-10-3-9(6-13-7-10)11(16)14-5-8-1-2-12-4-8/h3,6-8,12,15H,1-2,4-5H2,(H,14,16). The van der Waals surface area contributed by atoms with Crippen molar-refractivity contribution in [1.29, 1.82) is 0 Å². The molecule has 1 aliphatic rings. The van der Waals surface area contributed by atoms with Gasteiger partial charge in [0.25, 0.3) is 5.91 Å². The average molecular weight is 221 g/mol. The fourth-order valence-corrected chi connectivity index (χ4v) is 1.78. The lowest BCUT2D eigenvalue weighted by Gasteiger charge is -2.09. The van der Waals surface area contributed by atoms with Crippen molar-refractivity contribution >= 4 is 5.91 Å². The van der Waals surface area contributed by atoms with Gasteiger partial charge in [-0.1, -0.05) is 0 Å². The maximum Gasteiger partial charge on any atom is 0.252 e. The van der Waals surface area contributed by atoms with Gasteiger partial charge in [0.1, 0.15) is 5.75 Å². The first kappa shape index (κ1) is 10.9. The molecule has 1 aliphatic heterocycles. The van der Waals surface area contributed by atoms with Crippen LogP contribution in [-0.2, 0) is 0 Å². The summed E-state index contributed by atoms with van der Waals surface area (Å²) in [5.74, 6) is 0.333. The molecule has 86 valence electrons. The van der Waals surface area contributed by atoms with Gasteiger partial charge in [-0.2, -0.15) is 0 Å². The van der Waals surface area contributed by atoms with E-state index in [1.54, 1.807) is 0 Å². The fraction of sp³-hybridized carbons (Fsp3) is 0.455. The number of amides is 1. The Hall–Kier alpha value is -1.62. The third-order valence-corrected chi connectivity index (χ3v) is 2.70. The average Bonchev–Trinajstić information content (AvgIpc) is 2.78. The molecule has 2 heterocycles. The third-order valence-electron chi connectivity index (χ3n) is 2.70. The number of carbonyl (C=O) groups excluding carboxylic acids is 1. The highest BCUT2D eigenvalue weighted by Crippen LogP contribution is 2.09. The quantitative estimate of drug-likeness (QED) is 0.678. The molecule has 2 rings (SSSR count). The van der Waals surface area contributed by atoms with Gasteiger partial charge < -0.3 is 15.7 Å². The normalized spacial score (nSPS) is 19.6. The Labute approximate surface area is 93.9 Å². The summed E-state index contributed by atoms with van der Waals surface area (Å²) in [6.07, 6.45) is 3.85. The van der Waals surface area contributed by atoms with Gasteiger partial charge >= 0.3 is 0 Å². The first-order valence-electron chi connectivity index (χ1n) is 5.38. The van der Waals surface area contributed by atoms with E-state index in [2.05, 4.69) is 15.6 Å². The predicted molar refractivity (Wildman–Crippen MR) is 59.2 cm³/mol. The smallest absolute Gasteiger partial charge is 0.252 e. The summed E-state index contributed by atoms with van der Waals surface area (Å²) < 4.78 is 0. The Morgan fingerprint density at radius 3 is 3.19 bits per heavy atom. The van der Waals surface area contributed by atoms with E-state index < -0.39 is 0 Å². The molecule has 0 bridgehead atoms. The third kappa shape index (κ3) is 2.70. The summed E-state index contributed by atoms with van der Waals surface area (Å²) in [5, 5.41) is 15.3. The summed E-state index contributed by atoms with van der Waals surface area (Å²) in [5.41, 5.74) is 0.394. The van der Waals surface area contributed by atoms with E-state index in [9.17, 15) is 9.90 Å². The van der Waals surface area contributed by atoms with Crippen molar-refractivity contribution in [2.24, 2.45) is 5.92 Å². The van der Waals surface area contributed by atoms with E-state index in [1.807, 2.05) is 0 Å². The van der Waals surface area contributed by atoms with Crippen molar-refractivity contribution in [1.82, 2.24) is 15.6 Å². The number of aromatic nitrogens is 1. The zero-order valence-corrected chi connectivity index (χ0v) is 8.94.